The molecular weight excluding hydrogens is 268 g/mol. The molecule has 2 N–H and O–H groups in total. The fourth-order valence-corrected chi connectivity index (χ4v) is 2.26. The van der Waals surface area contributed by atoms with Gasteiger partial charge in [-0.2, -0.15) is 11.8 Å². The molecule has 4 nitrogen and oxygen atoms in total. The molecule has 1 rings (SSSR count). The number of unbranched alkanes of at least 4 members (excludes halogenated alkanes) is 2. The predicted molar refractivity (Wildman–Crippen MR) is 91.0 cm³/mol. The highest BCUT2D eigenvalue weighted by Gasteiger charge is 2.18. The van der Waals surface area contributed by atoms with Gasteiger partial charge in [-0.1, -0.05) is 27.2 Å². The standard InChI is InChI=1S/C15H28N4S/c1-15(2,3)14-18-12(16-4)11-13(19-14)17-9-7-6-8-10-20-5/h11H,6-10H2,1-5H3,(H2,16,17,18,19). The molecule has 0 aliphatic rings. The first-order valence-electron chi connectivity index (χ1n) is 7.27. The van der Waals surface area contributed by atoms with Crippen LogP contribution in [0.15, 0.2) is 6.07 Å². The van der Waals surface area contributed by atoms with Crippen molar-refractivity contribution in [1.29, 1.82) is 0 Å². The largest absolute Gasteiger partial charge is 0.373 e. The zero-order chi connectivity index (χ0) is 15.0. The second-order valence-electron chi connectivity index (χ2n) is 5.94. The molecule has 0 unspecified atom stereocenters. The maximum Gasteiger partial charge on any atom is 0.138 e. The third kappa shape index (κ3) is 5.99. The molecule has 1 aromatic rings. The van der Waals surface area contributed by atoms with Crippen molar-refractivity contribution in [1.82, 2.24) is 9.97 Å². The van der Waals surface area contributed by atoms with Gasteiger partial charge < -0.3 is 10.6 Å². The molecule has 1 heterocycles. The first kappa shape index (κ1) is 17.1. The summed E-state index contributed by atoms with van der Waals surface area (Å²) in [6, 6.07) is 1.97. The van der Waals surface area contributed by atoms with E-state index in [4.69, 9.17) is 0 Å². The Morgan fingerprint density at radius 3 is 2.40 bits per heavy atom. The summed E-state index contributed by atoms with van der Waals surface area (Å²) in [6.45, 7) is 7.37. The van der Waals surface area contributed by atoms with Crippen LogP contribution in [-0.4, -0.2) is 35.6 Å². The Morgan fingerprint density at radius 1 is 1.10 bits per heavy atom. The van der Waals surface area contributed by atoms with Crippen LogP contribution in [0, 0.1) is 0 Å². The van der Waals surface area contributed by atoms with Crippen LogP contribution in [0.1, 0.15) is 45.9 Å². The van der Waals surface area contributed by atoms with Crippen molar-refractivity contribution in [2.24, 2.45) is 0 Å². The van der Waals surface area contributed by atoms with Gasteiger partial charge in [-0.3, -0.25) is 0 Å². The van der Waals surface area contributed by atoms with E-state index in [1.807, 2.05) is 24.9 Å². The maximum atomic E-state index is 4.62. The van der Waals surface area contributed by atoms with E-state index in [2.05, 4.69) is 47.6 Å². The van der Waals surface area contributed by atoms with Gasteiger partial charge in [0, 0.05) is 25.1 Å². The number of anilines is 2. The van der Waals surface area contributed by atoms with Gasteiger partial charge in [0.05, 0.1) is 0 Å². The fraction of sp³-hybridized carbons (Fsp3) is 0.733. The monoisotopic (exact) mass is 296 g/mol. The first-order chi connectivity index (χ1) is 9.47. The number of nitrogens with one attached hydrogen (secondary N) is 2. The summed E-state index contributed by atoms with van der Waals surface area (Å²) in [5.74, 6) is 3.91. The van der Waals surface area contributed by atoms with E-state index < -0.39 is 0 Å². The van der Waals surface area contributed by atoms with Crippen LogP contribution in [0.5, 0.6) is 0 Å². The molecule has 0 aliphatic carbocycles. The highest BCUT2D eigenvalue weighted by molar-refractivity contribution is 7.98. The van der Waals surface area contributed by atoms with Crippen molar-refractivity contribution in [3.63, 3.8) is 0 Å². The van der Waals surface area contributed by atoms with E-state index in [9.17, 15) is 0 Å². The number of hydrogen-bond donors (Lipinski definition) is 2. The molecule has 0 bridgehead atoms. The van der Waals surface area contributed by atoms with E-state index in [-0.39, 0.29) is 5.41 Å². The van der Waals surface area contributed by atoms with Gasteiger partial charge in [-0.15, -0.1) is 0 Å². The molecule has 0 atom stereocenters. The lowest BCUT2D eigenvalue weighted by molar-refractivity contribution is 0.546. The number of rotatable bonds is 8. The molecule has 0 radical (unpaired) electrons. The molecule has 0 amide bonds. The summed E-state index contributed by atoms with van der Waals surface area (Å²) in [4.78, 5) is 9.15. The number of thioether (sulfide) groups is 1. The average Bonchev–Trinajstić information content (AvgIpc) is 2.41. The highest BCUT2D eigenvalue weighted by Crippen LogP contribution is 2.22. The van der Waals surface area contributed by atoms with Crippen molar-refractivity contribution in [2.45, 2.75) is 45.4 Å². The van der Waals surface area contributed by atoms with Crippen molar-refractivity contribution < 1.29 is 0 Å². The smallest absolute Gasteiger partial charge is 0.138 e. The van der Waals surface area contributed by atoms with E-state index in [0.717, 1.165) is 24.0 Å². The van der Waals surface area contributed by atoms with Crippen LogP contribution >= 0.6 is 11.8 Å². The molecule has 20 heavy (non-hydrogen) atoms. The van der Waals surface area contributed by atoms with Crippen LogP contribution in [0.2, 0.25) is 0 Å². The molecule has 114 valence electrons. The molecule has 0 aromatic carbocycles. The summed E-state index contributed by atoms with van der Waals surface area (Å²) in [7, 11) is 1.89. The molecule has 0 spiro atoms. The summed E-state index contributed by atoms with van der Waals surface area (Å²) < 4.78 is 0. The van der Waals surface area contributed by atoms with E-state index >= 15 is 0 Å². The summed E-state index contributed by atoms with van der Waals surface area (Å²) in [5, 5.41) is 6.52. The normalized spacial score (nSPS) is 11.4. The third-order valence-electron chi connectivity index (χ3n) is 2.98. The molecule has 0 saturated carbocycles. The SMILES string of the molecule is CNc1cc(NCCCCCSC)nc(C(C)(C)C)n1. The van der Waals surface area contributed by atoms with Crippen LogP contribution in [0.25, 0.3) is 0 Å². The van der Waals surface area contributed by atoms with Crippen molar-refractivity contribution in [3.8, 4) is 0 Å². The number of nitrogens with zero attached hydrogens (tertiary/aromatic N) is 2. The Labute approximate surface area is 127 Å². The molecule has 1 aromatic heterocycles. The molecule has 0 saturated heterocycles. The minimum Gasteiger partial charge on any atom is -0.373 e. The zero-order valence-corrected chi connectivity index (χ0v) is 14.2. The Bertz CT molecular complexity index is 401. The van der Waals surface area contributed by atoms with Crippen LogP contribution < -0.4 is 10.6 Å². The van der Waals surface area contributed by atoms with E-state index in [1.165, 1.54) is 25.0 Å². The van der Waals surface area contributed by atoms with Gasteiger partial charge in [0.25, 0.3) is 0 Å². The van der Waals surface area contributed by atoms with Gasteiger partial charge in [0.15, 0.2) is 0 Å². The summed E-state index contributed by atoms with van der Waals surface area (Å²) in [6.07, 6.45) is 5.91. The van der Waals surface area contributed by atoms with Gasteiger partial charge >= 0.3 is 0 Å². The minimum absolute atomic E-state index is 0.0400. The molecular formula is C15H28N4S. The quantitative estimate of drug-likeness (QED) is 0.715. The minimum atomic E-state index is -0.0400. The second kappa shape index (κ2) is 8.35. The van der Waals surface area contributed by atoms with E-state index in [0.29, 0.717) is 0 Å². The lowest BCUT2D eigenvalue weighted by Crippen LogP contribution is -2.18. The highest BCUT2D eigenvalue weighted by atomic mass is 32.2. The number of aromatic nitrogens is 2. The topological polar surface area (TPSA) is 49.8 Å². The Balaban J connectivity index is 2.56. The Kier molecular flexibility index (Phi) is 7.13. The van der Waals surface area contributed by atoms with Gasteiger partial charge in [-0.25, -0.2) is 9.97 Å². The third-order valence-corrected chi connectivity index (χ3v) is 3.68. The Morgan fingerprint density at radius 2 is 1.80 bits per heavy atom. The lowest BCUT2D eigenvalue weighted by atomic mass is 9.96. The van der Waals surface area contributed by atoms with Gasteiger partial charge in [0.2, 0.25) is 0 Å². The molecule has 0 aliphatic heterocycles. The Hall–Kier alpha value is -0.970. The maximum absolute atomic E-state index is 4.62. The van der Waals surface area contributed by atoms with Crippen LogP contribution in [0.4, 0.5) is 11.6 Å². The predicted octanol–water partition coefficient (Wildman–Crippen LogP) is 3.76. The van der Waals surface area contributed by atoms with Crippen molar-refractivity contribution >= 4 is 23.4 Å². The summed E-state index contributed by atoms with van der Waals surface area (Å²) >= 11 is 1.92. The first-order valence-corrected chi connectivity index (χ1v) is 8.67. The van der Waals surface area contributed by atoms with Crippen LogP contribution in [0.3, 0.4) is 0 Å². The lowest BCUT2D eigenvalue weighted by Gasteiger charge is -2.18. The van der Waals surface area contributed by atoms with Gasteiger partial charge in [-0.05, 0) is 24.9 Å². The molecule has 5 heteroatoms. The van der Waals surface area contributed by atoms with E-state index in [1.54, 1.807) is 0 Å². The van der Waals surface area contributed by atoms with Crippen molar-refractivity contribution in [3.05, 3.63) is 11.9 Å². The zero-order valence-electron chi connectivity index (χ0n) is 13.4. The van der Waals surface area contributed by atoms with Gasteiger partial charge in [0.1, 0.15) is 17.5 Å². The second-order valence-corrected chi connectivity index (χ2v) is 6.93. The van der Waals surface area contributed by atoms with Crippen molar-refractivity contribution in [2.75, 3.05) is 36.2 Å². The number of hydrogen-bond acceptors (Lipinski definition) is 5. The molecule has 0 fully saturated rings. The fourth-order valence-electron chi connectivity index (χ4n) is 1.77. The summed E-state index contributed by atoms with van der Waals surface area (Å²) in [5.41, 5.74) is -0.0400. The van der Waals surface area contributed by atoms with Crippen LogP contribution in [-0.2, 0) is 5.41 Å². The average molecular weight is 296 g/mol.